The number of benzene rings is 1. The van der Waals surface area contributed by atoms with E-state index in [-0.39, 0.29) is 5.88 Å². The van der Waals surface area contributed by atoms with Gasteiger partial charge in [-0.1, -0.05) is 17.7 Å². The quantitative estimate of drug-likeness (QED) is 0.402. The first kappa shape index (κ1) is 20.6. The van der Waals surface area contributed by atoms with E-state index in [0.29, 0.717) is 61.9 Å². The predicted octanol–water partition coefficient (Wildman–Crippen LogP) is 3.68. The van der Waals surface area contributed by atoms with E-state index in [4.69, 9.17) is 9.15 Å². The summed E-state index contributed by atoms with van der Waals surface area (Å²) in [4.78, 5) is 10.5. The van der Waals surface area contributed by atoms with Crippen LogP contribution in [0.2, 0.25) is 0 Å². The van der Waals surface area contributed by atoms with Gasteiger partial charge in [0.05, 0.1) is 25.0 Å². The molecule has 1 unspecified atom stereocenters. The highest BCUT2D eigenvalue weighted by Crippen LogP contribution is 2.46. The average Bonchev–Trinajstić information content (AvgIpc) is 3.20. The molecule has 30 heavy (non-hydrogen) atoms. The Labute approximate surface area is 174 Å². The van der Waals surface area contributed by atoms with Gasteiger partial charge in [-0.25, -0.2) is 9.87 Å². The summed E-state index contributed by atoms with van der Waals surface area (Å²) in [6.45, 7) is 3.94. The molecule has 2 N–H and O–H groups in total. The van der Waals surface area contributed by atoms with Crippen LogP contribution in [-0.2, 0) is 15.7 Å². The standard InChI is InChI=1S/C19H24N5O5P/c1-14-5-7-15(8-6-14)21-30(27,23-9-11-28-12-10-23)22-20-17-3-2-4-18-16(17)13-19(29-18)24(25)26/h5-8,13H,2-4,9-12H2,1H3,(H2,21,22,27)/b20-17+. The van der Waals surface area contributed by atoms with Gasteiger partial charge in [-0.2, -0.15) is 5.10 Å². The monoisotopic (exact) mass is 433 g/mol. The summed E-state index contributed by atoms with van der Waals surface area (Å²) in [6.07, 6.45) is 1.99. The van der Waals surface area contributed by atoms with Gasteiger partial charge in [-0.3, -0.25) is 14.7 Å². The predicted molar refractivity (Wildman–Crippen MR) is 113 cm³/mol. The molecule has 0 spiro atoms. The van der Waals surface area contributed by atoms with E-state index in [1.807, 2.05) is 35.9 Å². The summed E-state index contributed by atoms with van der Waals surface area (Å²) >= 11 is 0. The highest BCUT2D eigenvalue weighted by Gasteiger charge is 2.33. The SMILES string of the molecule is Cc1ccc(NP(=O)(N/N=C2\CCCc3oc([N+](=O)[O-])cc32)N2CCOCC2)cc1. The maximum atomic E-state index is 13.9. The summed E-state index contributed by atoms with van der Waals surface area (Å²) in [5.41, 5.74) is 3.02. The highest BCUT2D eigenvalue weighted by molar-refractivity contribution is 7.61. The number of fused-ring (bicyclic) bond motifs is 1. The lowest BCUT2D eigenvalue weighted by atomic mass is 9.97. The van der Waals surface area contributed by atoms with Crippen LogP contribution < -0.4 is 10.3 Å². The molecule has 11 heteroatoms. The number of ether oxygens (including phenoxy) is 1. The van der Waals surface area contributed by atoms with Gasteiger partial charge in [-0.05, 0) is 31.9 Å². The van der Waals surface area contributed by atoms with Crippen LogP contribution in [0.25, 0.3) is 0 Å². The van der Waals surface area contributed by atoms with Gasteiger partial charge < -0.3 is 14.2 Å². The van der Waals surface area contributed by atoms with E-state index in [0.717, 1.165) is 12.0 Å². The number of nitrogens with zero attached hydrogens (tertiary/aromatic N) is 3. The van der Waals surface area contributed by atoms with E-state index in [9.17, 15) is 14.7 Å². The zero-order valence-corrected chi connectivity index (χ0v) is 17.6. The fourth-order valence-corrected chi connectivity index (χ4v) is 5.33. The Morgan fingerprint density at radius 2 is 1.93 bits per heavy atom. The van der Waals surface area contributed by atoms with Crippen molar-refractivity contribution in [1.29, 1.82) is 0 Å². The third-order valence-electron chi connectivity index (χ3n) is 5.14. The second kappa shape index (κ2) is 8.59. The van der Waals surface area contributed by atoms with Crippen molar-refractivity contribution < 1.29 is 18.6 Å². The summed E-state index contributed by atoms with van der Waals surface area (Å²) in [5.74, 6) is 0.241. The van der Waals surface area contributed by atoms with Crippen LogP contribution in [0.3, 0.4) is 0 Å². The fourth-order valence-electron chi connectivity index (χ4n) is 3.53. The maximum Gasteiger partial charge on any atom is 0.433 e. The number of aryl methyl sites for hydroxylation is 2. The molecule has 2 heterocycles. The Bertz CT molecular complexity index is 997. The minimum Gasteiger partial charge on any atom is -0.405 e. The molecule has 1 saturated heterocycles. The molecule has 4 rings (SSSR count). The first-order valence-electron chi connectivity index (χ1n) is 9.84. The summed E-state index contributed by atoms with van der Waals surface area (Å²) < 4.78 is 26.4. The van der Waals surface area contributed by atoms with Gasteiger partial charge in [0.1, 0.15) is 10.7 Å². The molecule has 10 nitrogen and oxygen atoms in total. The van der Waals surface area contributed by atoms with Crippen molar-refractivity contribution in [3.05, 3.63) is 57.3 Å². The Morgan fingerprint density at radius 1 is 1.20 bits per heavy atom. The molecule has 1 aromatic heterocycles. The molecule has 1 aliphatic carbocycles. The summed E-state index contributed by atoms with van der Waals surface area (Å²) in [6, 6.07) is 9.01. The molecule has 0 amide bonds. The van der Waals surface area contributed by atoms with Crippen LogP contribution in [0.1, 0.15) is 29.7 Å². The number of rotatable bonds is 6. The maximum absolute atomic E-state index is 13.9. The number of morpholine rings is 1. The van der Waals surface area contributed by atoms with E-state index < -0.39 is 12.5 Å². The van der Waals surface area contributed by atoms with Crippen molar-refractivity contribution in [3.63, 3.8) is 0 Å². The zero-order valence-electron chi connectivity index (χ0n) is 16.7. The van der Waals surface area contributed by atoms with E-state index >= 15 is 0 Å². The van der Waals surface area contributed by atoms with Crippen molar-refractivity contribution in [3.8, 4) is 0 Å². The molecule has 0 radical (unpaired) electrons. The van der Waals surface area contributed by atoms with Crippen molar-refractivity contribution >= 4 is 24.9 Å². The van der Waals surface area contributed by atoms with Crippen molar-refractivity contribution in [2.75, 3.05) is 31.4 Å². The Balaban J connectivity index is 1.61. The lowest BCUT2D eigenvalue weighted by Crippen LogP contribution is -2.39. The second-order valence-corrected chi connectivity index (χ2v) is 9.45. The zero-order chi connectivity index (χ0) is 21.1. The average molecular weight is 433 g/mol. The van der Waals surface area contributed by atoms with Gasteiger partial charge in [0, 0.05) is 30.8 Å². The minimum absolute atomic E-state index is 0.302. The molecule has 0 bridgehead atoms. The van der Waals surface area contributed by atoms with Crippen LogP contribution in [0.15, 0.2) is 39.9 Å². The van der Waals surface area contributed by atoms with Crippen molar-refractivity contribution in [2.24, 2.45) is 5.10 Å². The summed E-state index contributed by atoms with van der Waals surface area (Å²) in [5, 5.41) is 21.5. The number of hydrazone groups is 1. The smallest absolute Gasteiger partial charge is 0.405 e. The fraction of sp³-hybridized carbons (Fsp3) is 0.421. The first-order valence-corrected chi connectivity index (χ1v) is 11.5. The normalized spacial score (nSPS) is 20.4. The molecule has 0 saturated carbocycles. The third-order valence-corrected chi connectivity index (χ3v) is 7.27. The molecule has 2 aromatic rings. The lowest BCUT2D eigenvalue weighted by molar-refractivity contribution is -0.402. The second-order valence-electron chi connectivity index (χ2n) is 7.31. The Morgan fingerprint density at radius 3 is 2.63 bits per heavy atom. The van der Waals surface area contributed by atoms with Gasteiger partial charge >= 0.3 is 13.5 Å². The van der Waals surface area contributed by atoms with Crippen molar-refractivity contribution in [1.82, 2.24) is 9.87 Å². The van der Waals surface area contributed by atoms with Crippen LogP contribution in [0, 0.1) is 17.0 Å². The molecule has 1 aliphatic heterocycles. The number of nitrogens with one attached hydrogen (secondary N) is 2. The molecule has 2 aliphatic rings. The van der Waals surface area contributed by atoms with Gasteiger partial charge in [0.2, 0.25) is 0 Å². The molecular formula is C19H24N5O5P. The largest absolute Gasteiger partial charge is 0.433 e. The number of hydrogen-bond acceptors (Lipinski definition) is 6. The van der Waals surface area contributed by atoms with Crippen LogP contribution in [0.5, 0.6) is 0 Å². The molecule has 1 aromatic carbocycles. The molecule has 1 atom stereocenters. The molecular weight excluding hydrogens is 409 g/mol. The third kappa shape index (κ3) is 4.40. The first-order chi connectivity index (χ1) is 14.4. The van der Waals surface area contributed by atoms with Gasteiger partial charge in [0.15, 0.2) is 0 Å². The number of hydrogen-bond donors (Lipinski definition) is 2. The highest BCUT2D eigenvalue weighted by atomic mass is 31.2. The van der Waals surface area contributed by atoms with Crippen molar-refractivity contribution in [2.45, 2.75) is 26.2 Å². The number of furan rings is 1. The van der Waals surface area contributed by atoms with Crippen LogP contribution in [-0.4, -0.2) is 41.6 Å². The van der Waals surface area contributed by atoms with Crippen LogP contribution in [0.4, 0.5) is 11.6 Å². The van der Waals surface area contributed by atoms with Gasteiger partial charge in [0.25, 0.3) is 0 Å². The summed E-state index contributed by atoms with van der Waals surface area (Å²) in [7, 11) is -3.32. The topological polar surface area (TPSA) is 122 Å². The van der Waals surface area contributed by atoms with Crippen LogP contribution >= 0.6 is 7.59 Å². The minimum atomic E-state index is -3.32. The lowest BCUT2D eigenvalue weighted by Gasteiger charge is -2.34. The number of nitro groups is 1. The van der Waals surface area contributed by atoms with Gasteiger partial charge in [-0.15, -0.1) is 0 Å². The van der Waals surface area contributed by atoms with E-state index in [2.05, 4.69) is 15.4 Å². The van der Waals surface area contributed by atoms with E-state index in [1.54, 1.807) is 0 Å². The van der Waals surface area contributed by atoms with E-state index in [1.165, 1.54) is 6.07 Å². The Kier molecular flexibility index (Phi) is 5.90. The Hall–Kier alpha value is -2.68. The molecule has 160 valence electrons. The number of anilines is 1. The molecule has 1 fully saturated rings.